The van der Waals surface area contributed by atoms with Gasteiger partial charge in [0.2, 0.25) is 0 Å². The summed E-state index contributed by atoms with van der Waals surface area (Å²) in [6, 6.07) is 8.66. The van der Waals surface area contributed by atoms with Crippen molar-refractivity contribution in [3.8, 4) is 11.5 Å². The van der Waals surface area contributed by atoms with Crippen molar-refractivity contribution < 1.29 is 18.7 Å². The molecule has 1 N–H and O–H groups in total. The summed E-state index contributed by atoms with van der Waals surface area (Å²) in [7, 11) is 1.48. The highest BCUT2D eigenvalue weighted by Crippen LogP contribution is 2.35. The molecule has 1 aliphatic carbocycles. The first-order valence-electron chi connectivity index (χ1n) is 12.8. The molecule has 1 amide bonds. The van der Waals surface area contributed by atoms with Crippen LogP contribution < -0.4 is 20.5 Å². The van der Waals surface area contributed by atoms with Gasteiger partial charge in [-0.1, -0.05) is 24.6 Å². The number of amides is 1. The summed E-state index contributed by atoms with van der Waals surface area (Å²) in [5.41, 5.74) is 4.24. The maximum Gasteiger partial charge on any atom is 0.263 e. The van der Waals surface area contributed by atoms with Crippen molar-refractivity contribution in [1.82, 2.24) is 15.0 Å². The second-order valence-electron chi connectivity index (χ2n) is 9.80. The van der Waals surface area contributed by atoms with Gasteiger partial charge < -0.3 is 9.47 Å². The van der Waals surface area contributed by atoms with Gasteiger partial charge in [0.15, 0.2) is 11.5 Å². The summed E-state index contributed by atoms with van der Waals surface area (Å²) >= 11 is 7.65. The molecular weight excluding hydrogens is 555 g/mol. The van der Waals surface area contributed by atoms with Crippen LogP contribution in [-0.4, -0.2) is 28.8 Å². The van der Waals surface area contributed by atoms with Crippen LogP contribution in [0.15, 0.2) is 52.6 Å². The summed E-state index contributed by atoms with van der Waals surface area (Å²) in [5.74, 6) is 0.472. The lowest BCUT2D eigenvalue weighted by molar-refractivity contribution is -0.123. The number of ether oxygens (including phenoxy) is 2. The van der Waals surface area contributed by atoms with E-state index in [4.69, 9.17) is 21.1 Å². The quantitative estimate of drug-likeness (QED) is 0.213. The second-order valence-corrected chi connectivity index (χ2v) is 11.3. The fraction of sp³-hybridized carbons (Fsp3) is 0.310. The predicted molar refractivity (Wildman–Crippen MR) is 154 cm³/mol. The van der Waals surface area contributed by atoms with Crippen LogP contribution in [0.1, 0.15) is 47.9 Å². The SMILES string of the molecule is COc1cc(/C=N\NC(=O)[C@@H](C)n2cnc3sc4c(c3c2=O)CC[C@H](C)C4)ccc1OCc1c(F)cccc1Cl. The number of rotatable bonds is 8. The fourth-order valence-corrected chi connectivity index (χ4v) is 6.27. The largest absolute Gasteiger partial charge is 0.493 e. The molecule has 11 heteroatoms. The van der Waals surface area contributed by atoms with Gasteiger partial charge >= 0.3 is 0 Å². The van der Waals surface area contributed by atoms with E-state index in [1.165, 1.54) is 41.2 Å². The molecule has 40 heavy (non-hydrogen) atoms. The molecule has 2 atom stereocenters. The predicted octanol–water partition coefficient (Wildman–Crippen LogP) is 5.67. The Bertz CT molecular complexity index is 1650. The maximum atomic E-state index is 14.1. The Labute approximate surface area is 239 Å². The van der Waals surface area contributed by atoms with Gasteiger partial charge in [0.1, 0.15) is 23.3 Å². The molecule has 0 radical (unpaired) electrons. The first-order valence-corrected chi connectivity index (χ1v) is 14.0. The highest BCUT2D eigenvalue weighted by molar-refractivity contribution is 7.18. The van der Waals surface area contributed by atoms with Gasteiger partial charge in [-0.15, -0.1) is 11.3 Å². The Kier molecular flexibility index (Phi) is 8.18. The van der Waals surface area contributed by atoms with Crippen LogP contribution in [0.4, 0.5) is 4.39 Å². The van der Waals surface area contributed by atoms with Crippen molar-refractivity contribution in [3.05, 3.63) is 85.5 Å². The number of hydrogen-bond acceptors (Lipinski definition) is 7. The van der Waals surface area contributed by atoms with E-state index in [1.807, 2.05) is 0 Å². The number of hydrogen-bond donors (Lipinski definition) is 1. The molecule has 0 saturated carbocycles. The maximum absolute atomic E-state index is 14.1. The van der Waals surface area contributed by atoms with E-state index in [2.05, 4.69) is 22.4 Å². The number of benzene rings is 2. The zero-order valence-corrected chi connectivity index (χ0v) is 23.8. The van der Waals surface area contributed by atoms with E-state index in [0.717, 1.165) is 29.7 Å². The van der Waals surface area contributed by atoms with Gasteiger partial charge in [0, 0.05) is 10.4 Å². The van der Waals surface area contributed by atoms with Crippen molar-refractivity contribution in [2.75, 3.05) is 7.11 Å². The van der Waals surface area contributed by atoms with E-state index >= 15 is 0 Å². The Balaban J connectivity index is 1.26. The number of carbonyl (C=O) groups is 1. The Morgan fingerprint density at radius 2 is 2.17 bits per heavy atom. The number of nitrogens with one attached hydrogen (secondary N) is 1. The number of nitrogens with zero attached hydrogens (tertiary/aromatic N) is 3. The fourth-order valence-electron chi connectivity index (χ4n) is 4.71. The van der Waals surface area contributed by atoms with Crippen LogP contribution in [0.2, 0.25) is 5.02 Å². The zero-order valence-electron chi connectivity index (χ0n) is 22.2. The molecule has 0 spiro atoms. The van der Waals surface area contributed by atoms with E-state index in [9.17, 15) is 14.0 Å². The minimum Gasteiger partial charge on any atom is -0.493 e. The van der Waals surface area contributed by atoms with E-state index in [1.54, 1.807) is 42.5 Å². The topological polar surface area (TPSA) is 94.8 Å². The molecule has 2 aromatic heterocycles. The Hall–Kier alpha value is -3.76. The smallest absolute Gasteiger partial charge is 0.263 e. The first-order chi connectivity index (χ1) is 19.3. The molecule has 1 aliphatic rings. The minimum atomic E-state index is -0.810. The summed E-state index contributed by atoms with van der Waals surface area (Å²) in [6.45, 7) is 3.78. The summed E-state index contributed by atoms with van der Waals surface area (Å²) in [6.07, 6.45) is 5.73. The number of aromatic nitrogens is 2. The van der Waals surface area contributed by atoms with Crippen LogP contribution in [0.5, 0.6) is 11.5 Å². The van der Waals surface area contributed by atoms with Gasteiger partial charge in [0.25, 0.3) is 11.5 Å². The normalized spacial score (nSPS) is 15.7. The number of hydrazone groups is 1. The van der Waals surface area contributed by atoms with Crippen LogP contribution in [0, 0.1) is 11.7 Å². The summed E-state index contributed by atoms with van der Waals surface area (Å²) in [4.78, 5) is 32.6. The molecule has 0 saturated heterocycles. The van der Waals surface area contributed by atoms with E-state index < -0.39 is 17.8 Å². The molecular formula is C29H28ClFN4O4S. The van der Waals surface area contributed by atoms with Gasteiger partial charge in [-0.3, -0.25) is 14.2 Å². The van der Waals surface area contributed by atoms with Gasteiger partial charge in [0.05, 0.1) is 30.1 Å². The van der Waals surface area contributed by atoms with Crippen molar-refractivity contribution in [3.63, 3.8) is 0 Å². The number of thiophene rings is 1. The Morgan fingerprint density at radius 1 is 1.35 bits per heavy atom. The molecule has 4 aromatic rings. The van der Waals surface area contributed by atoms with Crippen LogP contribution in [0.25, 0.3) is 10.2 Å². The molecule has 5 rings (SSSR count). The number of fused-ring (bicyclic) bond motifs is 3. The molecule has 2 aromatic carbocycles. The molecule has 0 fully saturated rings. The zero-order chi connectivity index (χ0) is 28.4. The molecule has 208 valence electrons. The highest BCUT2D eigenvalue weighted by Gasteiger charge is 2.25. The van der Waals surface area contributed by atoms with Crippen molar-refractivity contribution in [2.24, 2.45) is 11.0 Å². The average molecular weight is 583 g/mol. The van der Waals surface area contributed by atoms with Crippen LogP contribution in [-0.2, 0) is 24.2 Å². The molecule has 0 bridgehead atoms. The van der Waals surface area contributed by atoms with E-state index in [-0.39, 0.29) is 22.8 Å². The lowest BCUT2D eigenvalue weighted by Crippen LogP contribution is -2.34. The number of methoxy groups -OCH3 is 1. The van der Waals surface area contributed by atoms with Crippen molar-refractivity contribution in [1.29, 1.82) is 0 Å². The second kappa shape index (κ2) is 11.8. The molecule has 0 aliphatic heterocycles. The van der Waals surface area contributed by atoms with Gasteiger partial charge in [-0.2, -0.15) is 5.10 Å². The average Bonchev–Trinajstić information content (AvgIpc) is 3.31. The summed E-state index contributed by atoms with van der Waals surface area (Å²) in [5, 5.41) is 4.95. The number of halogens is 2. The molecule has 2 heterocycles. The summed E-state index contributed by atoms with van der Waals surface area (Å²) < 4.78 is 26.5. The van der Waals surface area contributed by atoms with Gasteiger partial charge in [-0.25, -0.2) is 14.8 Å². The highest BCUT2D eigenvalue weighted by atomic mass is 35.5. The van der Waals surface area contributed by atoms with Crippen molar-refractivity contribution >= 4 is 45.3 Å². The lowest BCUT2D eigenvalue weighted by atomic mass is 9.89. The lowest BCUT2D eigenvalue weighted by Gasteiger charge is -2.18. The minimum absolute atomic E-state index is 0.0728. The standard InChI is InChI=1S/C29H28ClFN4O4S/c1-16-7-9-19-25(11-16)40-28-26(19)29(37)35(15-32-28)17(2)27(36)34-33-13-18-8-10-23(24(12-18)38-3)39-14-20-21(30)5-4-6-22(20)31/h4-6,8,10,12-13,15-17H,7,9,11,14H2,1-3H3,(H,34,36)/b33-13-/t16-,17+/m0/s1. The molecule has 8 nitrogen and oxygen atoms in total. The number of carbonyl (C=O) groups excluding carboxylic acids is 1. The van der Waals surface area contributed by atoms with Crippen molar-refractivity contribution in [2.45, 2.75) is 45.8 Å². The third-order valence-electron chi connectivity index (χ3n) is 7.05. The monoisotopic (exact) mass is 582 g/mol. The Morgan fingerprint density at radius 3 is 2.95 bits per heavy atom. The molecule has 0 unspecified atom stereocenters. The first kappa shape index (κ1) is 27.8. The number of aryl methyl sites for hydroxylation is 1. The third-order valence-corrected chi connectivity index (χ3v) is 8.56. The third kappa shape index (κ3) is 5.59. The van der Waals surface area contributed by atoms with E-state index in [0.29, 0.717) is 28.4 Å². The van der Waals surface area contributed by atoms with Crippen LogP contribution in [0.3, 0.4) is 0 Å². The van der Waals surface area contributed by atoms with Gasteiger partial charge in [-0.05, 0) is 73.6 Å². The van der Waals surface area contributed by atoms with Crippen LogP contribution >= 0.6 is 22.9 Å².